The molecule has 1 unspecified atom stereocenters. The van der Waals surface area contributed by atoms with Crippen molar-refractivity contribution in [2.24, 2.45) is 17.7 Å². The van der Waals surface area contributed by atoms with E-state index in [0.29, 0.717) is 11.8 Å². The average Bonchev–Trinajstić information content (AvgIpc) is 1.99. The van der Waals surface area contributed by atoms with Gasteiger partial charge in [0.05, 0.1) is 0 Å². The summed E-state index contributed by atoms with van der Waals surface area (Å²) in [6.45, 7) is 8.44. The van der Waals surface area contributed by atoms with Crippen LogP contribution in [0.2, 0.25) is 0 Å². The van der Waals surface area contributed by atoms with E-state index in [-0.39, 0.29) is 0 Å². The van der Waals surface area contributed by atoms with Gasteiger partial charge in [-0.1, -0.05) is 27.7 Å². The van der Waals surface area contributed by atoms with Gasteiger partial charge >= 0.3 is 0 Å². The second kappa shape index (κ2) is 5.19. The van der Waals surface area contributed by atoms with Crippen LogP contribution < -0.4 is 5.90 Å². The van der Waals surface area contributed by atoms with Crippen molar-refractivity contribution in [1.82, 2.24) is 0 Å². The maximum atomic E-state index is 5.11. The molecule has 0 rings (SSSR count). The van der Waals surface area contributed by atoms with E-state index in [1.165, 1.54) is 0 Å². The molecule has 0 aliphatic rings. The normalized spacial score (nSPS) is 15.3. The maximum Gasteiger partial charge on any atom is 0.122 e. The summed E-state index contributed by atoms with van der Waals surface area (Å²) in [5.74, 6) is 6.93. The molecule has 0 aromatic carbocycles. The molecule has 0 bridgehead atoms. The largest absolute Gasteiger partial charge is 0.416 e. The minimum Gasteiger partial charge on any atom is -0.416 e. The first-order valence-corrected chi connectivity index (χ1v) is 4.20. The third-order valence-electron chi connectivity index (χ3n) is 1.80. The Hall–Kier alpha value is -0.500. The van der Waals surface area contributed by atoms with E-state index >= 15 is 0 Å². The van der Waals surface area contributed by atoms with Crippen LogP contribution in [-0.2, 0) is 4.84 Å². The summed E-state index contributed by atoms with van der Waals surface area (Å²) < 4.78 is 0. The van der Waals surface area contributed by atoms with Crippen LogP contribution in [0.15, 0.2) is 11.8 Å². The van der Waals surface area contributed by atoms with Gasteiger partial charge in [-0.05, 0) is 18.4 Å². The Morgan fingerprint density at radius 2 is 2.00 bits per heavy atom. The summed E-state index contributed by atoms with van der Waals surface area (Å²) in [6.07, 6.45) is 3.21. The Morgan fingerprint density at radius 1 is 1.45 bits per heavy atom. The minimum atomic E-state index is 0.383. The zero-order chi connectivity index (χ0) is 8.85. The number of hydrogen-bond donors (Lipinski definition) is 1. The van der Waals surface area contributed by atoms with Gasteiger partial charge < -0.3 is 4.84 Å². The van der Waals surface area contributed by atoms with Gasteiger partial charge in [-0.3, -0.25) is 0 Å². The fourth-order valence-electron chi connectivity index (χ4n) is 0.766. The molecule has 0 aromatic heterocycles. The van der Waals surface area contributed by atoms with Crippen LogP contribution in [0.25, 0.3) is 0 Å². The fraction of sp³-hybridized carbons (Fsp3) is 0.778. The number of allylic oxidation sites excluding steroid dienone is 2. The molecule has 0 radical (unpaired) electrons. The van der Waals surface area contributed by atoms with Gasteiger partial charge in [-0.25, -0.2) is 0 Å². The van der Waals surface area contributed by atoms with Crippen molar-refractivity contribution in [1.29, 1.82) is 0 Å². The van der Waals surface area contributed by atoms with E-state index in [0.717, 1.165) is 12.2 Å². The summed E-state index contributed by atoms with van der Waals surface area (Å²) in [5, 5.41) is 0. The first-order chi connectivity index (χ1) is 5.11. The molecule has 11 heavy (non-hydrogen) atoms. The Labute approximate surface area is 69.4 Å². The van der Waals surface area contributed by atoms with E-state index < -0.39 is 0 Å². The first kappa shape index (κ1) is 10.5. The molecule has 0 aromatic rings. The summed E-state index contributed by atoms with van der Waals surface area (Å²) in [5.41, 5.74) is 0. The van der Waals surface area contributed by atoms with Crippen molar-refractivity contribution in [2.75, 3.05) is 0 Å². The lowest BCUT2D eigenvalue weighted by Crippen LogP contribution is -2.06. The summed E-state index contributed by atoms with van der Waals surface area (Å²) in [6, 6.07) is 0. The lowest BCUT2D eigenvalue weighted by Gasteiger charge is -2.10. The summed E-state index contributed by atoms with van der Waals surface area (Å²) in [4.78, 5) is 4.75. The lowest BCUT2D eigenvalue weighted by atomic mass is 10.0. The van der Waals surface area contributed by atoms with Gasteiger partial charge in [0.2, 0.25) is 0 Å². The number of rotatable bonds is 4. The smallest absolute Gasteiger partial charge is 0.122 e. The SMILES string of the molecule is CCC(C)/C=C(\ON)C(C)C. The molecule has 0 aliphatic heterocycles. The molecule has 0 fully saturated rings. The van der Waals surface area contributed by atoms with E-state index in [2.05, 4.69) is 33.8 Å². The van der Waals surface area contributed by atoms with Crippen LogP contribution in [-0.4, -0.2) is 0 Å². The third-order valence-corrected chi connectivity index (χ3v) is 1.80. The van der Waals surface area contributed by atoms with Gasteiger partial charge in [-0.15, -0.1) is 0 Å². The molecule has 1 atom stereocenters. The van der Waals surface area contributed by atoms with E-state index in [9.17, 15) is 0 Å². The molecule has 2 heteroatoms. The molecule has 0 heterocycles. The van der Waals surface area contributed by atoms with Crippen LogP contribution in [0.3, 0.4) is 0 Å². The Bertz CT molecular complexity index is 130. The molecular weight excluding hydrogens is 138 g/mol. The molecule has 0 saturated carbocycles. The Balaban J connectivity index is 4.10. The van der Waals surface area contributed by atoms with Gasteiger partial charge in [0.25, 0.3) is 0 Å². The highest BCUT2D eigenvalue weighted by Crippen LogP contribution is 2.13. The van der Waals surface area contributed by atoms with Crippen LogP contribution in [0.4, 0.5) is 0 Å². The lowest BCUT2D eigenvalue weighted by molar-refractivity contribution is 0.188. The van der Waals surface area contributed by atoms with Crippen molar-refractivity contribution in [2.45, 2.75) is 34.1 Å². The van der Waals surface area contributed by atoms with Crippen LogP contribution in [0.5, 0.6) is 0 Å². The number of nitrogens with two attached hydrogens (primary N) is 1. The molecule has 2 N–H and O–H groups in total. The highest BCUT2D eigenvalue weighted by molar-refractivity contribution is 4.97. The second-order valence-electron chi connectivity index (χ2n) is 3.23. The van der Waals surface area contributed by atoms with E-state index in [1.54, 1.807) is 0 Å². The third kappa shape index (κ3) is 4.04. The molecule has 0 amide bonds. The molecular formula is C9H19NO. The van der Waals surface area contributed by atoms with Crippen LogP contribution in [0, 0.1) is 11.8 Å². The highest BCUT2D eigenvalue weighted by atomic mass is 16.6. The van der Waals surface area contributed by atoms with Gasteiger partial charge in [0.1, 0.15) is 5.76 Å². The van der Waals surface area contributed by atoms with Crippen molar-refractivity contribution >= 4 is 0 Å². The maximum absolute atomic E-state index is 5.11. The molecule has 66 valence electrons. The van der Waals surface area contributed by atoms with E-state index in [1.807, 2.05) is 0 Å². The Kier molecular flexibility index (Phi) is 4.95. The van der Waals surface area contributed by atoms with Gasteiger partial charge in [-0.2, -0.15) is 5.90 Å². The fourth-order valence-corrected chi connectivity index (χ4v) is 0.766. The van der Waals surface area contributed by atoms with Gasteiger partial charge in [0.15, 0.2) is 0 Å². The molecule has 0 saturated heterocycles. The van der Waals surface area contributed by atoms with Crippen molar-refractivity contribution in [3.63, 3.8) is 0 Å². The standard InChI is InChI=1S/C9H19NO/c1-5-8(4)6-9(11-10)7(2)3/h6-8H,5,10H2,1-4H3/b9-6-. The van der Waals surface area contributed by atoms with Crippen LogP contribution in [0.1, 0.15) is 34.1 Å². The minimum absolute atomic E-state index is 0.383. The Morgan fingerprint density at radius 3 is 2.27 bits per heavy atom. The van der Waals surface area contributed by atoms with Gasteiger partial charge in [0, 0.05) is 5.92 Å². The zero-order valence-electron chi connectivity index (χ0n) is 7.92. The predicted octanol–water partition coefficient (Wildman–Crippen LogP) is 2.46. The first-order valence-electron chi connectivity index (χ1n) is 4.20. The molecule has 0 spiro atoms. The summed E-state index contributed by atoms with van der Waals surface area (Å²) in [7, 11) is 0. The van der Waals surface area contributed by atoms with Crippen molar-refractivity contribution in [3.8, 4) is 0 Å². The zero-order valence-corrected chi connectivity index (χ0v) is 7.92. The monoisotopic (exact) mass is 157 g/mol. The quantitative estimate of drug-likeness (QED) is 0.502. The average molecular weight is 157 g/mol. The molecule has 0 aliphatic carbocycles. The highest BCUT2D eigenvalue weighted by Gasteiger charge is 2.04. The second-order valence-corrected chi connectivity index (χ2v) is 3.23. The van der Waals surface area contributed by atoms with E-state index in [4.69, 9.17) is 10.7 Å². The number of hydrogen-bond acceptors (Lipinski definition) is 2. The van der Waals surface area contributed by atoms with Crippen LogP contribution >= 0.6 is 0 Å². The topological polar surface area (TPSA) is 35.2 Å². The van der Waals surface area contributed by atoms with Crippen molar-refractivity contribution < 1.29 is 4.84 Å². The van der Waals surface area contributed by atoms with Crippen molar-refractivity contribution in [3.05, 3.63) is 11.8 Å². The predicted molar refractivity (Wildman–Crippen MR) is 47.6 cm³/mol. The summed E-state index contributed by atoms with van der Waals surface area (Å²) >= 11 is 0. The molecule has 2 nitrogen and oxygen atoms in total.